The Kier molecular flexibility index (Phi) is 7.41. The average Bonchev–Trinajstić information content (AvgIpc) is 3.02. The van der Waals surface area contributed by atoms with Crippen LogP contribution in [-0.4, -0.2) is 52.5 Å². The number of nitrogens with zero attached hydrogens (tertiary/aromatic N) is 2. The minimum atomic E-state index is -0.794. The Morgan fingerprint density at radius 2 is 1.97 bits per heavy atom. The predicted octanol–water partition coefficient (Wildman–Crippen LogP) is 3.72. The summed E-state index contributed by atoms with van der Waals surface area (Å²) in [6.07, 6.45) is 2.44. The van der Waals surface area contributed by atoms with Crippen molar-refractivity contribution in [2.75, 3.05) is 19.8 Å². The van der Waals surface area contributed by atoms with Crippen LogP contribution < -0.4 is 4.74 Å². The van der Waals surface area contributed by atoms with Crippen molar-refractivity contribution < 1.29 is 24.2 Å². The highest BCUT2D eigenvalue weighted by molar-refractivity contribution is 6.46. The summed E-state index contributed by atoms with van der Waals surface area (Å²) < 4.78 is 11.2. The first-order chi connectivity index (χ1) is 14.9. The van der Waals surface area contributed by atoms with Gasteiger partial charge in [0.25, 0.3) is 11.7 Å². The van der Waals surface area contributed by atoms with Crippen molar-refractivity contribution in [3.8, 4) is 5.75 Å². The minimum Gasteiger partial charge on any atom is -0.507 e. The van der Waals surface area contributed by atoms with E-state index < -0.39 is 17.7 Å². The van der Waals surface area contributed by atoms with Gasteiger partial charge in [-0.2, -0.15) is 0 Å². The molecule has 7 nitrogen and oxygen atoms in total. The van der Waals surface area contributed by atoms with Crippen LogP contribution in [-0.2, 0) is 14.3 Å². The number of aliphatic hydroxyl groups is 1. The number of carbonyl (C=O) groups is 2. The summed E-state index contributed by atoms with van der Waals surface area (Å²) in [5.74, 6) is -1.08. The molecule has 1 saturated heterocycles. The number of amides is 1. The second kappa shape index (κ2) is 10.2. The highest BCUT2D eigenvalue weighted by Crippen LogP contribution is 2.38. The number of Topliss-reactive ketones (excluding diaryl/α,β-unsaturated/α-hetero) is 1. The summed E-state index contributed by atoms with van der Waals surface area (Å²) >= 11 is 0. The number of pyridine rings is 1. The van der Waals surface area contributed by atoms with Crippen molar-refractivity contribution in [1.29, 1.82) is 0 Å². The van der Waals surface area contributed by atoms with Gasteiger partial charge >= 0.3 is 0 Å². The van der Waals surface area contributed by atoms with Gasteiger partial charge in [-0.3, -0.25) is 14.6 Å². The van der Waals surface area contributed by atoms with E-state index in [0.29, 0.717) is 23.6 Å². The van der Waals surface area contributed by atoms with Crippen LogP contribution in [0.3, 0.4) is 0 Å². The monoisotopic (exact) mass is 424 g/mol. The Morgan fingerprint density at radius 3 is 2.65 bits per heavy atom. The quantitative estimate of drug-likeness (QED) is 0.375. The number of hydrogen-bond acceptors (Lipinski definition) is 6. The molecule has 164 valence electrons. The van der Waals surface area contributed by atoms with E-state index in [2.05, 4.69) is 4.98 Å². The molecule has 0 radical (unpaired) electrons. The molecule has 0 spiro atoms. The van der Waals surface area contributed by atoms with Crippen LogP contribution in [0, 0.1) is 0 Å². The van der Waals surface area contributed by atoms with Gasteiger partial charge in [-0.15, -0.1) is 0 Å². The van der Waals surface area contributed by atoms with E-state index in [0.717, 1.165) is 6.42 Å². The van der Waals surface area contributed by atoms with Crippen LogP contribution in [0.1, 0.15) is 44.5 Å². The highest BCUT2D eigenvalue weighted by atomic mass is 16.5. The van der Waals surface area contributed by atoms with Gasteiger partial charge in [0.1, 0.15) is 17.6 Å². The molecule has 0 saturated carbocycles. The van der Waals surface area contributed by atoms with Crippen LogP contribution in [0.25, 0.3) is 5.76 Å². The third kappa shape index (κ3) is 5.11. The smallest absolute Gasteiger partial charge is 0.295 e. The fraction of sp³-hybridized carbons (Fsp3) is 0.375. The lowest BCUT2D eigenvalue weighted by atomic mass is 9.98. The summed E-state index contributed by atoms with van der Waals surface area (Å²) in [4.78, 5) is 31.6. The van der Waals surface area contributed by atoms with Gasteiger partial charge in [0.15, 0.2) is 0 Å². The molecule has 1 aliphatic heterocycles. The average molecular weight is 424 g/mol. The topological polar surface area (TPSA) is 89.0 Å². The summed E-state index contributed by atoms with van der Waals surface area (Å²) in [6.45, 7) is 6.82. The van der Waals surface area contributed by atoms with Gasteiger partial charge in [-0.1, -0.05) is 25.1 Å². The van der Waals surface area contributed by atoms with Crippen molar-refractivity contribution in [3.63, 3.8) is 0 Å². The maximum atomic E-state index is 13.0. The van der Waals surface area contributed by atoms with Crippen molar-refractivity contribution in [3.05, 3.63) is 65.5 Å². The summed E-state index contributed by atoms with van der Waals surface area (Å²) in [6, 6.07) is 11.3. The van der Waals surface area contributed by atoms with Crippen molar-refractivity contribution in [1.82, 2.24) is 9.88 Å². The third-order valence-electron chi connectivity index (χ3n) is 4.87. The Morgan fingerprint density at radius 1 is 1.16 bits per heavy atom. The first-order valence-corrected chi connectivity index (χ1v) is 10.5. The fourth-order valence-electron chi connectivity index (χ4n) is 3.45. The molecule has 1 aromatic carbocycles. The Labute approximate surface area is 182 Å². The van der Waals surface area contributed by atoms with E-state index >= 15 is 0 Å². The normalized spacial score (nSPS) is 18.1. The molecule has 0 bridgehead atoms. The van der Waals surface area contributed by atoms with Crippen LogP contribution in [0.2, 0.25) is 0 Å². The number of benzene rings is 1. The molecular weight excluding hydrogens is 396 g/mol. The molecule has 1 aliphatic rings. The second-order valence-corrected chi connectivity index (χ2v) is 7.54. The van der Waals surface area contributed by atoms with Gasteiger partial charge in [-0.25, -0.2) is 0 Å². The maximum absolute atomic E-state index is 13.0. The lowest BCUT2D eigenvalue weighted by molar-refractivity contribution is -0.140. The van der Waals surface area contributed by atoms with E-state index in [4.69, 9.17) is 9.47 Å². The highest BCUT2D eigenvalue weighted by Gasteiger charge is 2.46. The number of ketones is 1. The van der Waals surface area contributed by atoms with Crippen LogP contribution in [0.4, 0.5) is 0 Å². The van der Waals surface area contributed by atoms with Crippen molar-refractivity contribution in [2.24, 2.45) is 0 Å². The molecule has 7 heteroatoms. The number of aliphatic hydroxyl groups excluding tert-OH is 1. The van der Waals surface area contributed by atoms with Crippen molar-refractivity contribution in [2.45, 2.75) is 39.3 Å². The zero-order valence-electron chi connectivity index (χ0n) is 18.1. The van der Waals surface area contributed by atoms with Gasteiger partial charge < -0.3 is 19.5 Å². The second-order valence-electron chi connectivity index (χ2n) is 7.54. The molecule has 1 N–H and O–H groups in total. The number of aromatic nitrogens is 1. The zero-order chi connectivity index (χ0) is 22.4. The fourth-order valence-corrected chi connectivity index (χ4v) is 3.45. The molecule has 31 heavy (non-hydrogen) atoms. The van der Waals surface area contributed by atoms with E-state index in [9.17, 15) is 14.7 Å². The number of carbonyl (C=O) groups excluding carboxylic acids is 2. The van der Waals surface area contributed by atoms with Crippen LogP contribution in [0.5, 0.6) is 5.75 Å². The van der Waals surface area contributed by atoms with E-state index in [1.165, 1.54) is 4.90 Å². The zero-order valence-corrected chi connectivity index (χ0v) is 18.1. The number of ether oxygens (including phenoxy) is 2. The van der Waals surface area contributed by atoms with E-state index in [1.807, 2.05) is 20.8 Å². The molecule has 1 aromatic heterocycles. The Balaban J connectivity index is 2.03. The number of rotatable bonds is 9. The molecular formula is C24H28N2O5. The van der Waals surface area contributed by atoms with E-state index in [-0.39, 0.29) is 30.6 Å². The van der Waals surface area contributed by atoms with Gasteiger partial charge in [0.05, 0.1) is 30.6 Å². The van der Waals surface area contributed by atoms with Crippen LogP contribution >= 0.6 is 0 Å². The number of likely N-dealkylation sites (tertiary alicyclic amines) is 1. The largest absolute Gasteiger partial charge is 0.507 e. The summed E-state index contributed by atoms with van der Waals surface area (Å²) in [5, 5.41) is 11.1. The lowest BCUT2D eigenvalue weighted by Crippen LogP contribution is -2.33. The standard InChI is InChI=1S/C24H28N2O5/c1-4-13-31-18-9-7-8-17(15-18)22(27)20-21(19-10-5-6-11-25-19)26(24(29)23(20)28)12-14-30-16(2)3/h5-11,15-16,21,27H,4,12-14H2,1-3H3/b22-20-. The van der Waals surface area contributed by atoms with Gasteiger partial charge in [-0.05, 0) is 44.5 Å². The molecule has 2 heterocycles. The lowest BCUT2D eigenvalue weighted by Gasteiger charge is -2.24. The molecule has 1 fully saturated rings. The number of hydrogen-bond donors (Lipinski definition) is 1. The van der Waals surface area contributed by atoms with Gasteiger partial charge in [0, 0.05) is 18.3 Å². The van der Waals surface area contributed by atoms with Crippen molar-refractivity contribution >= 4 is 17.4 Å². The molecule has 3 rings (SSSR count). The first-order valence-electron chi connectivity index (χ1n) is 10.5. The van der Waals surface area contributed by atoms with E-state index in [1.54, 1.807) is 48.7 Å². The van der Waals surface area contributed by atoms with Crippen LogP contribution in [0.15, 0.2) is 54.2 Å². The minimum absolute atomic E-state index is 0.00372. The first kappa shape index (κ1) is 22.5. The van der Waals surface area contributed by atoms with Gasteiger partial charge in [0.2, 0.25) is 0 Å². The molecule has 0 aliphatic carbocycles. The SMILES string of the molecule is CCCOc1cccc(/C(O)=C2/C(=O)C(=O)N(CCOC(C)C)C2c2ccccn2)c1. The summed E-state index contributed by atoms with van der Waals surface area (Å²) in [7, 11) is 0. The molecule has 1 unspecified atom stereocenters. The molecule has 2 aromatic rings. The summed E-state index contributed by atoms with van der Waals surface area (Å²) in [5.41, 5.74) is 0.929. The third-order valence-corrected chi connectivity index (χ3v) is 4.87. The maximum Gasteiger partial charge on any atom is 0.295 e. The Hall–Kier alpha value is -3.19. The predicted molar refractivity (Wildman–Crippen MR) is 117 cm³/mol. The molecule has 1 atom stereocenters. The Bertz CT molecular complexity index is 955. The molecule has 1 amide bonds.